The number of hydrogen-bond donors (Lipinski definition) is 0. The number of halogens is 1. The van der Waals surface area contributed by atoms with Crippen LogP contribution in [0.2, 0.25) is 5.02 Å². The summed E-state index contributed by atoms with van der Waals surface area (Å²) in [6.45, 7) is 0. The molecule has 3 rings (SSSR count). The Hall–Kier alpha value is -1.65. The number of hydrogen-bond acceptors (Lipinski definition) is 3. The minimum Gasteiger partial charge on any atom is -0.297 e. The normalized spacial score (nSPS) is 10.9. The van der Waals surface area contributed by atoms with E-state index >= 15 is 0 Å². The molecule has 2 aromatic heterocycles. The summed E-state index contributed by atoms with van der Waals surface area (Å²) in [5.41, 5.74) is 1.32. The Labute approximate surface area is 113 Å². The van der Waals surface area contributed by atoms with Gasteiger partial charge in [-0.15, -0.1) is 11.3 Å². The van der Waals surface area contributed by atoms with Crippen LogP contribution >= 0.6 is 22.9 Å². The summed E-state index contributed by atoms with van der Waals surface area (Å²) >= 11 is 7.55. The van der Waals surface area contributed by atoms with Crippen LogP contribution in [0.25, 0.3) is 4.96 Å². The zero-order valence-corrected chi connectivity index (χ0v) is 10.9. The molecule has 0 aliphatic rings. The van der Waals surface area contributed by atoms with E-state index < -0.39 is 0 Å². The third kappa shape index (κ3) is 2.05. The monoisotopic (exact) mass is 276 g/mol. The zero-order valence-electron chi connectivity index (χ0n) is 9.34. The molecule has 0 atom stereocenters. The molecular formula is C13H9ClN2OS. The molecule has 0 fully saturated rings. The molecule has 3 nitrogen and oxygen atoms in total. The van der Waals surface area contributed by atoms with Gasteiger partial charge in [0.25, 0.3) is 0 Å². The van der Waals surface area contributed by atoms with Crippen molar-refractivity contribution in [3.05, 3.63) is 58.3 Å². The first-order valence-electron chi connectivity index (χ1n) is 5.43. The highest BCUT2D eigenvalue weighted by Crippen LogP contribution is 2.18. The van der Waals surface area contributed by atoms with Crippen molar-refractivity contribution < 1.29 is 4.79 Å². The van der Waals surface area contributed by atoms with Gasteiger partial charge in [0.05, 0.1) is 17.1 Å². The van der Waals surface area contributed by atoms with Crippen LogP contribution in [0, 0.1) is 0 Å². The fraction of sp³-hybridized carbons (Fsp3) is 0.0769. The molecule has 0 amide bonds. The number of aromatic nitrogens is 2. The van der Waals surface area contributed by atoms with Gasteiger partial charge in [-0.1, -0.05) is 23.7 Å². The van der Waals surface area contributed by atoms with E-state index in [1.165, 1.54) is 0 Å². The fourth-order valence-corrected chi connectivity index (χ4v) is 2.77. The van der Waals surface area contributed by atoms with Crippen LogP contribution in [0.4, 0.5) is 0 Å². The second kappa shape index (κ2) is 4.55. The largest absolute Gasteiger partial charge is 0.297 e. The summed E-state index contributed by atoms with van der Waals surface area (Å²) in [6.07, 6.45) is 4.08. The minimum atomic E-state index is -0.00801. The van der Waals surface area contributed by atoms with Gasteiger partial charge in [-0.3, -0.25) is 9.20 Å². The number of fused-ring (bicyclic) bond motifs is 1. The first-order valence-corrected chi connectivity index (χ1v) is 6.68. The Bertz CT molecular complexity index is 688. The number of rotatable bonds is 3. The molecule has 0 bridgehead atoms. The van der Waals surface area contributed by atoms with Crippen molar-refractivity contribution in [1.82, 2.24) is 9.38 Å². The Kier molecular flexibility index (Phi) is 2.89. The highest BCUT2D eigenvalue weighted by molar-refractivity contribution is 7.15. The smallest absolute Gasteiger partial charge is 0.193 e. The number of nitrogens with zero attached hydrogens (tertiary/aromatic N) is 2. The topological polar surface area (TPSA) is 34.4 Å². The highest BCUT2D eigenvalue weighted by Gasteiger charge is 2.12. The summed E-state index contributed by atoms with van der Waals surface area (Å²) in [4.78, 5) is 17.4. The van der Waals surface area contributed by atoms with Crippen molar-refractivity contribution in [2.45, 2.75) is 6.42 Å². The van der Waals surface area contributed by atoms with Crippen molar-refractivity contribution in [2.24, 2.45) is 0 Å². The second-order valence-corrected chi connectivity index (χ2v) is 5.19. The fourth-order valence-electron chi connectivity index (χ4n) is 1.81. The molecule has 0 spiro atoms. The maximum absolute atomic E-state index is 12.1. The maximum atomic E-state index is 12.1. The lowest BCUT2D eigenvalue weighted by Gasteiger charge is -2.00. The van der Waals surface area contributed by atoms with Gasteiger partial charge in [0, 0.05) is 23.3 Å². The van der Waals surface area contributed by atoms with E-state index in [1.807, 2.05) is 34.3 Å². The van der Waals surface area contributed by atoms with Crippen LogP contribution in [-0.4, -0.2) is 15.2 Å². The van der Waals surface area contributed by atoms with E-state index in [4.69, 9.17) is 11.6 Å². The van der Waals surface area contributed by atoms with Crippen LogP contribution in [0.5, 0.6) is 0 Å². The predicted molar refractivity (Wildman–Crippen MR) is 72.6 cm³/mol. The standard InChI is InChI=1S/C13H9ClN2OS/c14-11-4-2-1-3-10(11)12(17)7-9-8-16-5-6-18-13(16)15-9/h1-6,8H,7H2. The average molecular weight is 277 g/mol. The van der Waals surface area contributed by atoms with E-state index in [0.717, 1.165) is 10.7 Å². The van der Waals surface area contributed by atoms with Crippen molar-refractivity contribution in [3.63, 3.8) is 0 Å². The second-order valence-electron chi connectivity index (χ2n) is 3.90. The van der Waals surface area contributed by atoms with Crippen molar-refractivity contribution in [2.75, 3.05) is 0 Å². The van der Waals surface area contributed by atoms with E-state index in [1.54, 1.807) is 23.5 Å². The highest BCUT2D eigenvalue weighted by atomic mass is 35.5. The summed E-state index contributed by atoms with van der Waals surface area (Å²) < 4.78 is 1.92. The summed E-state index contributed by atoms with van der Waals surface area (Å²) in [5.74, 6) is -0.00801. The van der Waals surface area contributed by atoms with Gasteiger partial charge in [-0.2, -0.15) is 0 Å². The molecular weight excluding hydrogens is 268 g/mol. The lowest BCUT2D eigenvalue weighted by molar-refractivity contribution is 0.0992. The molecule has 3 aromatic rings. The lowest BCUT2D eigenvalue weighted by Crippen LogP contribution is -2.04. The van der Waals surface area contributed by atoms with Crippen LogP contribution in [0.1, 0.15) is 16.1 Å². The van der Waals surface area contributed by atoms with Crippen LogP contribution in [0.15, 0.2) is 42.0 Å². The summed E-state index contributed by atoms with van der Waals surface area (Å²) in [7, 11) is 0. The number of Topliss-reactive ketones (excluding diaryl/α,β-unsaturated/α-hetero) is 1. The van der Waals surface area contributed by atoms with Gasteiger partial charge >= 0.3 is 0 Å². The number of carbonyl (C=O) groups excluding carboxylic acids is 1. The third-order valence-electron chi connectivity index (χ3n) is 2.66. The van der Waals surface area contributed by atoms with Gasteiger partial charge < -0.3 is 0 Å². The van der Waals surface area contributed by atoms with Crippen molar-refractivity contribution in [3.8, 4) is 0 Å². The summed E-state index contributed by atoms with van der Waals surface area (Å²) in [5, 5.41) is 2.45. The molecule has 0 saturated heterocycles. The molecule has 5 heteroatoms. The predicted octanol–water partition coefficient (Wildman–Crippen LogP) is 3.47. The molecule has 0 saturated carbocycles. The molecule has 0 aliphatic heterocycles. The first-order chi connectivity index (χ1) is 8.74. The van der Waals surface area contributed by atoms with Crippen LogP contribution < -0.4 is 0 Å². The van der Waals surface area contributed by atoms with Crippen LogP contribution in [0.3, 0.4) is 0 Å². The van der Waals surface area contributed by atoms with Crippen molar-refractivity contribution in [1.29, 1.82) is 0 Å². The number of thiazole rings is 1. The molecule has 2 heterocycles. The van der Waals surface area contributed by atoms with E-state index in [2.05, 4.69) is 4.98 Å². The number of imidazole rings is 1. The average Bonchev–Trinajstić information content (AvgIpc) is 2.90. The number of benzene rings is 1. The molecule has 18 heavy (non-hydrogen) atoms. The third-order valence-corrected chi connectivity index (χ3v) is 3.76. The Morgan fingerprint density at radius 3 is 3.00 bits per heavy atom. The minimum absolute atomic E-state index is 0.00801. The SMILES string of the molecule is O=C(Cc1cn2ccsc2n1)c1ccccc1Cl. The van der Waals surface area contributed by atoms with E-state index in [-0.39, 0.29) is 12.2 Å². The molecule has 0 aliphatic carbocycles. The molecule has 0 unspecified atom stereocenters. The lowest BCUT2D eigenvalue weighted by atomic mass is 10.1. The molecule has 1 aromatic carbocycles. The Balaban J connectivity index is 1.87. The van der Waals surface area contributed by atoms with Gasteiger partial charge in [0.15, 0.2) is 10.7 Å². The number of carbonyl (C=O) groups is 1. The van der Waals surface area contributed by atoms with E-state index in [9.17, 15) is 4.79 Å². The Morgan fingerprint density at radius 1 is 1.39 bits per heavy atom. The quantitative estimate of drug-likeness (QED) is 0.687. The molecule has 0 N–H and O–H groups in total. The summed E-state index contributed by atoms with van der Waals surface area (Å²) in [6, 6.07) is 7.08. The van der Waals surface area contributed by atoms with Gasteiger partial charge in [0.1, 0.15) is 0 Å². The van der Waals surface area contributed by atoms with Gasteiger partial charge in [-0.25, -0.2) is 4.98 Å². The van der Waals surface area contributed by atoms with Gasteiger partial charge in [0.2, 0.25) is 0 Å². The maximum Gasteiger partial charge on any atom is 0.193 e. The van der Waals surface area contributed by atoms with Crippen molar-refractivity contribution >= 4 is 33.7 Å². The Morgan fingerprint density at radius 2 is 2.22 bits per heavy atom. The zero-order chi connectivity index (χ0) is 12.5. The van der Waals surface area contributed by atoms with Gasteiger partial charge in [-0.05, 0) is 12.1 Å². The number of ketones is 1. The first kappa shape index (κ1) is 11.4. The van der Waals surface area contributed by atoms with E-state index in [0.29, 0.717) is 10.6 Å². The van der Waals surface area contributed by atoms with Crippen LogP contribution in [-0.2, 0) is 6.42 Å². The molecule has 90 valence electrons. The molecule has 0 radical (unpaired) electrons.